The molecule has 0 spiro atoms. The zero-order valence-electron chi connectivity index (χ0n) is 20.1. The van der Waals surface area contributed by atoms with Crippen molar-refractivity contribution < 1.29 is 9.53 Å². The van der Waals surface area contributed by atoms with E-state index in [4.69, 9.17) is 4.74 Å². The number of carbonyl (C=O) groups excluding carboxylic acids is 1. The Balaban J connectivity index is 0.00000480. The van der Waals surface area contributed by atoms with Gasteiger partial charge in [0.2, 0.25) is 0 Å². The molecule has 0 bridgehead atoms. The summed E-state index contributed by atoms with van der Waals surface area (Å²) >= 11 is 0. The van der Waals surface area contributed by atoms with Crippen LogP contribution in [0.3, 0.4) is 0 Å². The van der Waals surface area contributed by atoms with E-state index in [1.807, 2.05) is 32.9 Å². The summed E-state index contributed by atoms with van der Waals surface area (Å²) in [5.41, 5.74) is 1.73. The summed E-state index contributed by atoms with van der Waals surface area (Å²) in [7, 11) is 5.74. The molecule has 2 rings (SSSR count). The van der Waals surface area contributed by atoms with Crippen molar-refractivity contribution in [3.8, 4) is 0 Å². The normalized spacial score (nSPS) is 15.2. The first-order valence-corrected chi connectivity index (χ1v) is 10.8. The second kappa shape index (κ2) is 12.5. The summed E-state index contributed by atoms with van der Waals surface area (Å²) in [5.74, 6) is 0.805. The van der Waals surface area contributed by atoms with Gasteiger partial charge in [-0.05, 0) is 58.7 Å². The molecule has 0 aromatic heterocycles. The van der Waals surface area contributed by atoms with Gasteiger partial charge in [0.15, 0.2) is 5.96 Å². The SMILES string of the molecule is CN=C(NCc1ccc(CN(C)C(=O)OC(C)(C)C)cc1)NCC(C)N(C)C1CC1.I. The maximum Gasteiger partial charge on any atom is 0.410 e. The number of amides is 1. The van der Waals surface area contributed by atoms with Gasteiger partial charge in [0.05, 0.1) is 0 Å². The van der Waals surface area contributed by atoms with Gasteiger partial charge in [0.1, 0.15) is 5.60 Å². The number of nitrogens with zero attached hydrogens (tertiary/aromatic N) is 3. The summed E-state index contributed by atoms with van der Waals surface area (Å²) in [6, 6.07) is 9.45. The van der Waals surface area contributed by atoms with Crippen LogP contribution in [0.1, 0.15) is 51.7 Å². The fourth-order valence-corrected chi connectivity index (χ4v) is 3.08. The molecule has 1 aliphatic carbocycles. The van der Waals surface area contributed by atoms with E-state index < -0.39 is 5.60 Å². The van der Waals surface area contributed by atoms with Crippen LogP contribution in [-0.4, -0.2) is 67.2 Å². The number of guanidine groups is 1. The topological polar surface area (TPSA) is 69.2 Å². The number of rotatable bonds is 8. The molecule has 1 atom stereocenters. The average molecular weight is 546 g/mol. The van der Waals surface area contributed by atoms with Crippen molar-refractivity contribution in [2.75, 3.05) is 27.7 Å². The summed E-state index contributed by atoms with van der Waals surface area (Å²) in [5, 5.41) is 6.78. The minimum Gasteiger partial charge on any atom is -0.444 e. The lowest BCUT2D eigenvalue weighted by molar-refractivity contribution is 0.0285. The number of aliphatic imine (C=N–C) groups is 1. The number of likely N-dealkylation sites (N-methyl/N-ethyl adjacent to an activating group) is 1. The molecule has 0 aliphatic heterocycles. The maximum atomic E-state index is 12.1. The van der Waals surface area contributed by atoms with Gasteiger partial charge in [-0.3, -0.25) is 9.89 Å². The van der Waals surface area contributed by atoms with Gasteiger partial charge in [-0.15, -0.1) is 24.0 Å². The number of nitrogens with one attached hydrogen (secondary N) is 2. The van der Waals surface area contributed by atoms with Gasteiger partial charge >= 0.3 is 6.09 Å². The standard InChI is InChI=1S/C23H39N5O2.HI/c1-17(28(7)20-12-13-20)14-25-21(24-5)26-15-18-8-10-19(11-9-18)16-27(6)22(29)30-23(2,3)4;/h8-11,17,20H,12-16H2,1-7H3,(H2,24,25,26);1H. The third kappa shape index (κ3) is 10.1. The molecular weight excluding hydrogens is 505 g/mol. The molecule has 8 heteroatoms. The van der Waals surface area contributed by atoms with Gasteiger partial charge in [-0.2, -0.15) is 0 Å². The van der Waals surface area contributed by atoms with E-state index in [0.29, 0.717) is 19.1 Å². The first-order valence-electron chi connectivity index (χ1n) is 10.8. The van der Waals surface area contributed by atoms with E-state index in [-0.39, 0.29) is 30.1 Å². The highest BCUT2D eigenvalue weighted by Crippen LogP contribution is 2.26. The van der Waals surface area contributed by atoms with Gasteiger partial charge in [-0.25, -0.2) is 4.79 Å². The van der Waals surface area contributed by atoms with Crippen molar-refractivity contribution in [3.05, 3.63) is 35.4 Å². The molecule has 7 nitrogen and oxygen atoms in total. The highest BCUT2D eigenvalue weighted by molar-refractivity contribution is 14.0. The van der Waals surface area contributed by atoms with Crippen LogP contribution < -0.4 is 10.6 Å². The largest absolute Gasteiger partial charge is 0.444 e. The highest BCUT2D eigenvalue weighted by Gasteiger charge is 2.29. The van der Waals surface area contributed by atoms with Crippen molar-refractivity contribution in [2.45, 2.75) is 71.3 Å². The van der Waals surface area contributed by atoms with Gasteiger partial charge in [-0.1, -0.05) is 24.3 Å². The number of halogens is 1. The smallest absolute Gasteiger partial charge is 0.410 e. The average Bonchev–Trinajstić information content (AvgIpc) is 3.52. The van der Waals surface area contributed by atoms with Crippen LogP contribution in [0.2, 0.25) is 0 Å². The van der Waals surface area contributed by atoms with E-state index in [0.717, 1.165) is 29.7 Å². The Hall–Kier alpha value is -1.55. The van der Waals surface area contributed by atoms with E-state index in [2.05, 4.69) is 46.6 Å². The maximum absolute atomic E-state index is 12.1. The van der Waals surface area contributed by atoms with Gasteiger partial charge in [0.25, 0.3) is 0 Å². The highest BCUT2D eigenvalue weighted by atomic mass is 127. The lowest BCUT2D eigenvalue weighted by Gasteiger charge is -2.25. The third-order valence-electron chi connectivity index (χ3n) is 5.21. The van der Waals surface area contributed by atoms with Crippen molar-refractivity contribution in [1.29, 1.82) is 0 Å². The second-order valence-electron chi connectivity index (χ2n) is 9.21. The monoisotopic (exact) mass is 545 g/mol. The zero-order chi connectivity index (χ0) is 22.3. The first kappa shape index (κ1) is 27.5. The van der Waals surface area contributed by atoms with Crippen LogP contribution >= 0.6 is 24.0 Å². The molecule has 0 saturated heterocycles. The van der Waals surface area contributed by atoms with E-state index >= 15 is 0 Å². The summed E-state index contributed by atoms with van der Waals surface area (Å²) in [6.45, 7) is 9.92. The van der Waals surface area contributed by atoms with Gasteiger partial charge < -0.3 is 20.3 Å². The molecule has 0 radical (unpaired) electrons. The van der Waals surface area contributed by atoms with Crippen LogP contribution in [0.15, 0.2) is 29.3 Å². The lowest BCUT2D eigenvalue weighted by Crippen LogP contribution is -2.45. The molecule has 1 saturated carbocycles. The summed E-state index contributed by atoms with van der Waals surface area (Å²) in [6.07, 6.45) is 2.32. The molecule has 1 amide bonds. The Kier molecular flexibility index (Phi) is 11.1. The predicted octanol–water partition coefficient (Wildman–Crippen LogP) is 3.82. The van der Waals surface area contributed by atoms with Crippen molar-refractivity contribution in [1.82, 2.24) is 20.4 Å². The molecule has 1 aromatic carbocycles. The van der Waals surface area contributed by atoms with E-state index in [1.54, 1.807) is 19.0 Å². The summed E-state index contributed by atoms with van der Waals surface area (Å²) < 4.78 is 5.40. The third-order valence-corrected chi connectivity index (χ3v) is 5.21. The molecule has 176 valence electrons. The minimum atomic E-state index is -0.488. The number of ether oxygens (including phenoxy) is 1. The second-order valence-corrected chi connectivity index (χ2v) is 9.21. The number of carbonyl (C=O) groups is 1. The molecular formula is C23H40IN5O2. The molecule has 1 unspecified atom stereocenters. The molecule has 1 aromatic rings. The van der Waals surface area contributed by atoms with Gasteiger partial charge in [0, 0.05) is 45.8 Å². The number of hydrogen-bond donors (Lipinski definition) is 2. The quantitative estimate of drug-likeness (QED) is 0.296. The van der Waals surface area contributed by atoms with Crippen molar-refractivity contribution in [3.63, 3.8) is 0 Å². The first-order chi connectivity index (χ1) is 14.1. The number of benzene rings is 1. The lowest BCUT2D eigenvalue weighted by atomic mass is 10.1. The number of hydrogen-bond acceptors (Lipinski definition) is 4. The molecule has 1 fully saturated rings. The Bertz CT molecular complexity index is 714. The fraction of sp³-hybridized carbons (Fsp3) is 0.652. The molecule has 31 heavy (non-hydrogen) atoms. The Morgan fingerprint density at radius 1 is 1.16 bits per heavy atom. The van der Waals surface area contributed by atoms with Crippen LogP contribution in [0.5, 0.6) is 0 Å². The fourth-order valence-electron chi connectivity index (χ4n) is 3.08. The molecule has 0 heterocycles. The Morgan fingerprint density at radius 3 is 2.26 bits per heavy atom. The zero-order valence-corrected chi connectivity index (χ0v) is 22.4. The molecule has 1 aliphatic rings. The Labute approximate surface area is 205 Å². The van der Waals surface area contributed by atoms with Crippen LogP contribution in [-0.2, 0) is 17.8 Å². The predicted molar refractivity (Wildman–Crippen MR) is 138 cm³/mol. The van der Waals surface area contributed by atoms with E-state index in [9.17, 15) is 4.79 Å². The minimum absolute atomic E-state index is 0. The molecule has 2 N–H and O–H groups in total. The Morgan fingerprint density at radius 2 is 1.74 bits per heavy atom. The van der Waals surface area contributed by atoms with Crippen molar-refractivity contribution >= 4 is 36.0 Å². The van der Waals surface area contributed by atoms with Crippen molar-refractivity contribution in [2.24, 2.45) is 4.99 Å². The van der Waals surface area contributed by atoms with Crippen LogP contribution in [0.4, 0.5) is 4.79 Å². The van der Waals surface area contributed by atoms with Crippen LogP contribution in [0.25, 0.3) is 0 Å². The van der Waals surface area contributed by atoms with E-state index in [1.165, 1.54) is 12.8 Å². The van der Waals surface area contributed by atoms with Crippen LogP contribution in [0, 0.1) is 0 Å². The summed E-state index contributed by atoms with van der Waals surface area (Å²) in [4.78, 5) is 20.4.